The van der Waals surface area contributed by atoms with Crippen LogP contribution in [0.1, 0.15) is 50.2 Å². The summed E-state index contributed by atoms with van der Waals surface area (Å²) >= 11 is 0. The van der Waals surface area contributed by atoms with Gasteiger partial charge in [0.25, 0.3) is 11.2 Å². The second kappa shape index (κ2) is 7.83. The highest BCUT2D eigenvalue weighted by Gasteiger charge is 2.43. The van der Waals surface area contributed by atoms with Crippen LogP contribution in [-0.2, 0) is 4.79 Å². The number of fused-ring (bicyclic) bond motifs is 1. The Hall–Kier alpha value is -3.74. The first kappa shape index (κ1) is 20.5. The Morgan fingerprint density at radius 1 is 1.23 bits per heavy atom. The zero-order chi connectivity index (χ0) is 22.3. The van der Waals surface area contributed by atoms with Crippen molar-refractivity contribution < 1.29 is 9.72 Å². The van der Waals surface area contributed by atoms with Gasteiger partial charge in [-0.2, -0.15) is 10.2 Å². The van der Waals surface area contributed by atoms with Crippen molar-refractivity contribution in [3.05, 3.63) is 55.9 Å². The number of anilines is 2. The second-order valence-electron chi connectivity index (χ2n) is 8.08. The van der Waals surface area contributed by atoms with Gasteiger partial charge in [0.1, 0.15) is 11.7 Å². The number of nitrogens with zero attached hydrogens (tertiary/aromatic N) is 4. The lowest BCUT2D eigenvalue weighted by Crippen LogP contribution is -2.46. The lowest BCUT2D eigenvalue weighted by atomic mass is 9.78. The summed E-state index contributed by atoms with van der Waals surface area (Å²) in [6, 6.07) is 8.05. The topological polar surface area (TPSA) is 145 Å². The second-order valence-corrected chi connectivity index (χ2v) is 8.08. The van der Waals surface area contributed by atoms with Crippen LogP contribution in [0.5, 0.6) is 0 Å². The average molecular weight is 422 g/mol. The molecule has 2 aliphatic rings. The number of aromatic nitrogens is 2. The Bertz CT molecular complexity index is 1140. The van der Waals surface area contributed by atoms with Crippen molar-refractivity contribution in [1.82, 2.24) is 9.97 Å². The number of carbonyl (C=O) groups excluding carboxylic acids is 1. The number of hydrogen-bond acceptors (Lipinski definition) is 7. The van der Waals surface area contributed by atoms with Gasteiger partial charge in [0.05, 0.1) is 16.6 Å². The zero-order valence-corrected chi connectivity index (χ0v) is 17.2. The summed E-state index contributed by atoms with van der Waals surface area (Å²) in [4.78, 5) is 46.3. The fourth-order valence-corrected chi connectivity index (χ4v) is 4.71. The first-order chi connectivity index (χ1) is 14.8. The van der Waals surface area contributed by atoms with E-state index in [-0.39, 0.29) is 34.7 Å². The van der Waals surface area contributed by atoms with Gasteiger partial charge in [-0.3, -0.25) is 24.7 Å². The number of piperidine rings is 1. The number of rotatable bonds is 3. The van der Waals surface area contributed by atoms with Gasteiger partial charge >= 0.3 is 0 Å². The van der Waals surface area contributed by atoms with Gasteiger partial charge in [0.2, 0.25) is 11.9 Å². The standard InChI is InChI=1S/C21H22N6O4/c1-11-6-5-7-12(2)26(11)21-24-18-17(20(29)25-21)16(14(10-22)19(28)23-18)13-8-3-4-9-15(13)27(30)31/h3-4,8-9,11-12,14,16H,5-7H2,1-2H3,(H2,23,24,25,28,29). The van der Waals surface area contributed by atoms with Crippen LogP contribution < -0.4 is 15.8 Å². The SMILES string of the molecule is CC1CCCC(C)N1c1nc2c(c(=O)[nH]1)C(c1ccccc1[N+](=O)[O-])C(C#N)C(=O)N2. The average Bonchev–Trinajstić information content (AvgIpc) is 2.72. The molecule has 31 heavy (non-hydrogen) atoms. The molecule has 160 valence electrons. The van der Waals surface area contributed by atoms with Crippen molar-refractivity contribution in [2.45, 2.75) is 51.1 Å². The van der Waals surface area contributed by atoms with Crippen LogP contribution in [0.4, 0.5) is 17.5 Å². The minimum Gasteiger partial charge on any atom is -0.337 e. The fraction of sp³-hybridized carbons (Fsp3) is 0.429. The number of amides is 1. The molecule has 1 aromatic carbocycles. The minimum atomic E-state index is -1.30. The van der Waals surface area contributed by atoms with Gasteiger partial charge in [0, 0.05) is 29.6 Å². The molecule has 10 nitrogen and oxygen atoms in total. The molecular weight excluding hydrogens is 400 g/mol. The molecule has 0 bridgehead atoms. The van der Waals surface area contributed by atoms with Gasteiger partial charge in [-0.15, -0.1) is 0 Å². The quantitative estimate of drug-likeness (QED) is 0.571. The molecule has 0 spiro atoms. The summed E-state index contributed by atoms with van der Waals surface area (Å²) in [5.74, 6) is -2.64. The summed E-state index contributed by atoms with van der Waals surface area (Å²) in [6.45, 7) is 4.10. The van der Waals surface area contributed by atoms with Crippen molar-refractivity contribution in [3.63, 3.8) is 0 Å². The largest absolute Gasteiger partial charge is 0.337 e. The Labute approximate surface area is 178 Å². The normalized spacial score (nSPS) is 25.3. The van der Waals surface area contributed by atoms with E-state index in [4.69, 9.17) is 0 Å². The van der Waals surface area contributed by atoms with E-state index < -0.39 is 28.2 Å². The molecule has 3 heterocycles. The molecule has 1 fully saturated rings. The van der Waals surface area contributed by atoms with Gasteiger partial charge in [-0.05, 0) is 33.1 Å². The molecule has 4 unspecified atom stereocenters. The van der Waals surface area contributed by atoms with E-state index >= 15 is 0 Å². The van der Waals surface area contributed by atoms with E-state index in [1.165, 1.54) is 18.2 Å². The highest BCUT2D eigenvalue weighted by Crippen LogP contribution is 2.41. The van der Waals surface area contributed by atoms with E-state index in [0.29, 0.717) is 5.95 Å². The summed E-state index contributed by atoms with van der Waals surface area (Å²) in [7, 11) is 0. The number of carbonyl (C=O) groups is 1. The molecule has 2 aliphatic heterocycles. The molecule has 4 rings (SSSR count). The minimum absolute atomic E-state index is 0.0448. The first-order valence-corrected chi connectivity index (χ1v) is 10.2. The third kappa shape index (κ3) is 3.42. The predicted octanol–water partition coefficient (Wildman–Crippen LogP) is 2.67. The number of aromatic amines is 1. The Kier molecular flexibility index (Phi) is 5.19. The highest BCUT2D eigenvalue weighted by atomic mass is 16.6. The molecule has 1 amide bonds. The van der Waals surface area contributed by atoms with Gasteiger partial charge in [0.15, 0.2) is 0 Å². The number of nitrogens with one attached hydrogen (secondary N) is 2. The molecule has 0 saturated carbocycles. The predicted molar refractivity (Wildman–Crippen MR) is 113 cm³/mol. The van der Waals surface area contributed by atoms with Crippen LogP contribution in [0.15, 0.2) is 29.1 Å². The highest BCUT2D eigenvalue weighted by molar-refractivity contribution is 5.98. The molecule has 2 aromatic rings. The number of nitro benzene ring substituents is 1. The molecule has 10 heteroatoms. The van der Waals surface area contributed by atoms with Crippen molar-refractivity contribution >= 4 is 23.4 Å². The first-order valence-electron chi connectivity index (χ1n) is 10.2. The molecular formula is C21H22N6O4. The fourth-order valence-electron chi connectivity index (χ4n) is 4.71. The van der Waals surface area contributed by atoms with Crippen molar-refractivity contribution in [2.24, 2.45) is 5.92 Å². The number of nitro groups is 1. The Morgan fingerprint density at radius 2 is 1.90 bits per heavy atom. The van der Waals surface area contributed by atoms with Crippen molar-refractivity contribution in [1.29, 1.82) is 5.26 Å². The van der Waals surface area contributed by atoms with E-state index in [1.54, 1.807) is 6.07 Å². The van der Waals surface area contributed by atoms with E-state index in [2.05, 4.69) is 29.1 Å². The summed E-state index contributed by atoms with van der Waals surface area (Å²) in [5.41, 5.74) is -0.583. The smallest absolute Gasteiger partial charge is 0.273 e. The third-order valence-corrected chi connectivity index (χ3v) is 6.16. The number of hydrogen-bond donors (Lipinski definition) is 2. The summed E-state index contributed by atoms with van der Waals surface area (Å²) in [5, 5.41) is 23.8. The molecule has 0 aliphatic carbocycles. The Morgan fingerprint density at radius 3 is 2.55 bits per heavy atom. The maximum absolute atomic E-state index is 13.2. The van der Waals surface area contributed by atoms with Crippen LogP contribution in [-0.4, -0.2) is 32.9 Å². The lowest BCUT2D eigenvalue weighted by Gasteiger charge is -2.40. The van der Waals surface area contributed by atoms with Gasteiger partial charge < -0.3 is 10.2 Å². The van der Waals surface area contributed by atoms with E-state index in [1.807, 2.05) is 11.0 Å². The number of benzene rings is 1. The lowest BCUT2D eigenvalue weighted by molar-refractivity contribution is -0.385. The maximum atomic E-state index is 13.2. The number of H-pyrrole nitrogens is 1. The zero-order valence-electron chi connectivity index (χ0n) is 17.2. The molecule has 0 radical (unpaired) electrons. The van der Waals surface area contributed by atoms with Crippen LogP contribution in [0, 0.1) is 27.4 Å². The summed E-state index contributed by atoms with van der Waals surface area (Å²) < 4.78 is 0. The van der Waals surface area contributed by atoms with Gasteiger partial charge in [-0.25, -0.2) is 0 Å². The van der Waals surface area contributed by atoms with E-state index in [0.717, 1.165) is 19.3 Å². The molecule has 1 aromatic heterocycles. The van der Waals surface area contributed by atoms with Crippen LogP contribution in [0.25, 0.3) is 0 Å². The maximum Gasteiger partial charge on any atom is 0.273 e. The molecule has 1 saturated heterocycles. The van der Waals surface area contributed by atoms with Crippen molar-refractivity contribution in [2.75, 3.05) is 10.2 Å². The van der Waals surface area contributed by atoms with Crippen LogP contribution in [0.3, 0.4) is 0 Å². The van der Waals surface area contributed by atoms with Crippen molar-refractivity contribution in [3.8, 4) is 6.07 Å². The number of nitriles is 1. The summed E-state index contributed by atoms with van der Waals surface area (Å²) in [6.07, 6.45) is 2.98. The number of para-hydroxylation sites is 1. The Balaban J connectivity index is 1.91. The third-order valence-electron chi connectivity index (χ3n) is 6.16. The van der Waals surface area contributed by atoms with E-state index in [9.17, 15) is 25.0 Å². The van der Waals surface area contributed by atoms with Gasteiger partial charge in [-0.1, -0.05) is 18.2 Å². The van der Waals surface area contributed by atoms with Crippen LogP contribution >= 0.6 is 0 Å². The monoisotopic (exact) mass is 422 g/mol. The molecule has 2 N–H and O–H groups in total. The molecule has 4 atom stereocenters. The van der Waals surface area contributed by atoms with Crippen LogP contribution in [0.2, 0.25) is 0 Å².